The summed E-state index contributed by atoms with van der Waals surface area (Å²) in [6.07, 6.45) is 9.88. The molecule has 0 heterocycles. The van der Waals surface area contributed by atoms with Crippen molar-refractivity contribution in [3.8, 4) is 0 Å². The van der Waals surface area contributed by atoms with Crippen LogP contribution in [-0.2, 0) is 23.2 Å². The molecule has 3 heteroatoms. The Morgan fingerprint density at radius 1 is 0.842 bits per heavy atom. The van der Waals surface area contributed by atoms with Crippen molar-refractivity contribution < 1.29 is 23.2 Å². The molecule has 0 aromatic carbocycles. The van der Waals surface area contributed by atoms with E-state index >= 15 is 0 Å². The minimum Gasteiger partial charge on any atom is -0.147 e. The SMILES string of the molecule is CCC1=CC[C]([Zr][C]2=C(C)C(CC)=CC2)=C1C.Cl.Cl. The van der Waals surface area contributed by atoms with Crippen LogP contribution in [-0.4, -0.2) is 0 Å². The number of halogens is 2. The Bertz CT molecular complexity index is 411. The molecule has 0 aliphatic heterocycles. The summed E-state index contributed by atoms with van der Waals surface area (Å²) in [5.74, 6) is 0. The smallest absolute Gasteiger partial charge is 0.147 e. The Hall–Kier alpha value is 0.423. The molecule has 2 aliphatic rings. The average Bonchev–Trinajstić information content (AvgIpc) is 2.85. The van der Waals surface area contributed by atoms with E-state index in [4.69, 9.17) is 0 Å². The molecule has 0 atom stereocenters. The summed E-state index contributed by atoms with van der Waals surface area (Å²) in [6.45, 7) is 9.25. The Morgan fingerprint density at radius 3 is 1.47 bits per heavy atom. The number of rotatable bonds is 4. The van der Waals surface area contributed by atoms with Crippen LogP contribution in [0.5, 0.6) is 0 Å². The summed E-state index contributed by atoms with van der Waals surface area (Å²) in [6, 6.07) is 0. The molecular weight excluding hydrogens is 354 g/mol. The van der Waals surface area contributed by atoms with Crippen LogP contribution in [0.25, 0.3) is 0 Å². The van der Waals surface area contributed by atoms with Gasteiger partial charge in [-0.3, -0.25) is 0 Å². The van der Waals surface area contributed by atoms with E-state index in [0.29, 0.717) is 0 Å². The third-order valence-corrected chi connectivity index (χ3v) is 8.37. The van der Waals surface area contributed by atoms with Crippen molar-refractivity contribution in [3.63, 3.8) is 0 Å². The first kappa shape index (κ1) is 19.4. The van der Waals surface area contributed by atoms with Gasteiger partial charge in [0, 0.05) is 0 Å². The number of hydrogen-bond donors (Lipinski definition) is 0. The van der Waals surface area contributed by atoms with Gasteiger partial charge in [0.25, 0.3) is 0 Å². The van der Waals surface area contributed by atoms with Gasteiger partial charge in [0.1, 0.15) is 0 Å². The van der Waals surface area contributed by atoms with Gasteiger partial charge in [-0.05, 0) is 0 Å². The second-order valence-corrected chi connectivity index (χ2v) is 8.49. The predicted molar refractivity (Wildman–Crippen MR) is 85.9 cm³/mol. The van der Waals surface area contributed by atoms with E-state index in [1.54, 1.807) is 22.3 Å². The van der Waals surface area contributed by atoms with Crippen LogP contribution in [0.3, 0.4) is 0 Å². The summed E-state index contributed by atoms with van der Waals surface area (Å²) in [5, 5.41) is 0. The Balaban J connectivity index is 0.00000162. The molecule has 0 nitrogen and oxygen atoms in total. The van der Waals surface area contributed by atoms with Crippen LogP contribution in [0.2, 0.25) is 0 Å². The molecule has 0 saturated heterocycles. The van der Waals surface area contributed by atoms with E-state index in [1.165, 1.54) is 25.7 Å². The molecule has 2 rings (SSSR count). The maximum absolute atomic E-state index is 2.46. The second-order valence-electron chi connectivity index (χ2n) is 4.91. The van der Waals surface area contributed by atoms with Crippen molar-refractivity contribution in [2.45, 2.75) is 53.4 Å². The van der Waals surface area contributed by atoms with Gasteiger partial charge in [0.05, 0.1) is 0 Å². The Labute approximate surface area is 141 Å². The van der Waals surface area contributed by atoms with Gasteiger partial charge in [-0.2, -0.15) is 0 Å². The van der Waals surface area contributed by atoms with Gasteiger partial charge in [0.15, 0.2) is 0 Å². The van der Waals surface area contributed by atoms with Crippen LogP contribution in [0.15, 0.2) is 41.0 Å². The minimum absolute atomic E-state index is 0. The Kier molecular flexibility index (Phi) is 8.85. The Morgan fingerprint density at radius 2 is 1.21 bits per heavy atom. The van der Waals surface area contributed by atoms with Crippen LogP contribution in [0.4, 0.5) is 0 Å². The van der Waals surface area contributed by atoms with Crippen molar-refractivity contribution in [1.29, 1.82) is 0 Å². The van der Waals surface area contributed by atoms with Gasteiger partial charge in [-0.15, -0.1) is 24.8 Å². The third-order valence-electron chi connectivity index (χ3n) is 4.04. The van der Waals surface area contributed by atoms with Gasteiger partial charge in [-0.25, -0.2) is 0 Å². The fraction of sp³-hybridized carbons (Fsp3) is 0.500. The van der Waals surface area contributed by atoms with Crippen molar-refractivity contribution >= 4 is 24.8 Å². The maximum atomic E-state index is 2.46. The summed E-state index contributed by atoms with van der Waals surface area (Å²) in [4.78, 5) is 0. The van der Waals surface area contributed by atoms with Crippen LogP contribution in [0.1, 0.15) is 53.4 Å². The van der Waals surface area contributed by atoms with E-state index < -0.39 is 23.2 Å². The van der Waals surface area contributed by atoms with E-state index in [2.05, 4.69) is 39.8 Å². The molecule has 0 saturated carbocycles. The monoisotopic (exact) mass is 376 g/mol. The quantitative estimate of drug-likeness (QED) is 0.568. The fourth-order valence-electron chi connectivity index (χ4n) is 2.74. The third kappa shape index (κ3) is 4.19. The summed E-state index contributed by atoms with van der Waals surface area (Å²) < 4.78 is 3.65. The predicted octanol–water partition coefficient (Wildman–Crippen LogP) is 5.94. The molecule has 0 unspecified atom stereocenters. The zero-order valence-electron chi connectivity index (χ0n) is 12.3. The van der Waals surface area contributed by atoms with E-state index in [-0.39, 0.29) is 24.8 Å². The summed E-state index contributed by atoms with van der Waals surface area (Å²) in [7, 11) is 0. The number of hydrogen-bond acceptors (Lipinski definition) is 0. The molecule has 0 radical (unpaired) electrons. The van der Waals surface area contributed by atoms with Crippen LogP contribution < -0.4 is 0 Å². The maximum Gasteiger partial charge on any atom is -0.147 e. The molecule has 2 aliphatic carbocycles. The van der Waals surface area contributed by atoms with Gasteiger partial charge < -0.3 is 0 Å². The van der Waals surface area contributed by atoms with Gasteiger partial charge in [0.2, 0.25) is 0 Å². The van der Waals surface area contributed by atoms with Crippen molar-refractivity contribution in [1.82, 2.24) is 0 Å². The molecule has 0 aromatic rings. The van der Waals surface area contributed by atoms with E-state index in [9.17, 15) is 0 Å². The van der Waals surface area contributed by atoms with E-state index in [0.717, 1.165) is 0 Å². The van der Waals surface area contributed by atoms with Crippen molar-refractivity contribution in [2.24, 2.45) is 0 Å². The fourth-order valence-corrected chi connectivity index (χ4v) is 6.35. The normalized spacial score (nSPS) is 17.9. The molecule has 0 fully saturated rings. The first-order valence-corrected chi connectivity index (χ1v) is 9.18. The minimum atomic E-state index is -0.463. The molecular formula is C16H24Cl2Zr. The van der Waals surface area contributed by atoms with Gasteiger partial charge >= 0.3 is 118 Å². The topological polar surface area (TPSA) is 0 Å². The molecule has 0 spiro atoms. The molecule has 0 aromatic heterocycles. The zero-order valence-corrected chi connectivity index (χ0v) is 16.4. The molecule has 19 heavy (non-hydrogen) atoms. The number of allylic oxidation sites excluding steroid dienone is 8. The summed E-state index contributed by atoms with van der Waals surface area (Å²) in [5.41, 5.74) is 6.51. The van der Waals surface area contributed by atoms with Crippen molar-refractivity contribution in [2.75, 3.05) is 0 Å². The molecule has 0 N–H and O–H groups in total. The molecule has 106 valence electrons. The first-order valence-electron chi connectivity index (χ1n) is 6.72. The van der Waals surface area contributed by atoms with E-state index in [1.807, 2.05) is 6.56 Å². The van der Waals surface area contributed by atoms with Crippen LogP contribution >= 0.6 is 24.8 Å². The standard InChI is InChI=1S/2C8H11.2ClH.Zr/c2*1-3-8-6-4-5-7(8)2;;;/h2*6H,3-4H2,1-2H3;2*1H;. The van der Waals surface area contributed by atoms with Gasteiger partial charge in [-0.1, -0.05) is 0 Å². The largest absolute Gasteiger partial charge is 0.147 e. The molecule has 0 bridgehead atoms. The zero-order chi connectivity index (χ0) is 12.4. The average molecular weight is 378 g/mol. The van der Waals surface area contributed by atoms with Crippen LogP contribution in [0, 0.1) is 0 Å². The molecule has 0 amide bonds. The second kappa shape index (κ2) is 8.65. The van der Waals surface area contributed by atoms with Crippen molar-refractivity contribution in [3.05, 3.63) is 41.0 Å². The summed E-state index contributed by atoms with van der Waals surface area (Å²) >= 11 is -0.463. The first-order chi connectivity index (χ1) is 8.17.